The fraction of sp³-hybridized carbons (Fsp3) is 0.500. The van der Waals surface area contributed by atoms with E-state index in [9.17, 15) is 17.6 Å². The van der Waals surface area contributed by atoms with E-state index < -0.39 is 11.8 Å². The van der Waals surface area contributed by atoms with Gasteiger partial charge in [0.25, 0.3) is 0 Å². The molecule has 0 fully saturated rings. The Morgan fingerprint density at radius 2 is 1.50 bits per heavy atom. The summed E-state index contributed by atoms with van der Waals surface area (Å²) in [6.45, 7) is 0. The van der Waals surface area contributed by atoms with Crippen LogP contribution in [0.1, 0.15) is 0 Å². The highest BCUT2D eigenvalue weighted by Gasteiger charge is 2.59. The minimum Gasteiger partial charge on any atom is -0.195 e. The molecule has 0 aliphatic heterocycles. The van der Waals surface area contributed by atoms with Gasteiger partial charge in [-0.15, -0.1) is 0 Å². The molecule has 0 saturated carbocycles. The smallest absolute Gasteiger partial charge is 0.195 e. The van der Waals surface area contributed by atoms with Crippen molar-refractivity contribution >= 4 is 0 Å². The van der Waals surface area contributed by atoms with E-state index in [0.29, 0.717) is 0 Å². The van der Waals surface area contributed by atoms with Gasteiger partial charge in [-0.05, 0) is 0 Å². The molecule has 0 aromatic heterocycles. The minimum atomic E-state index is -4.02. The normalized spacial score (nSPS) is 29.5. The van der Waals surface area contributed by atoms with Gasteiger partial charge < -0.3 is 0 Å². The monoisotopic (exact) mass is 125 g/mol. The van der Waals surface area contributed by atoms with Crippen molar-refractivity contribution in [3.8, 4) is 0 Å². The number of allylic oxidation sites excluding steroid dienone is 2. The molecule has 0 heterocycles. The van der Waals surface area contributed by atoms with E-state index in [1.807, 2.05) is 0 Å². The number of halogens is 4. The van der Waals surface area contributed by atoms with Crippen LogP contribution in [0.5, 0.6) is 0 Å². The van der Waals surface area contributed by atoms with Crippen LogP contribution >= 0.6 is 0 Å². The number of alkyl halides is 4. The van der Waals surface area contributed by atoms with Crippen LogP contribution in [-0.4, -0.2) is 11.8 Å². The van der Waals surface area contributed by atoms with E-state index in [1.54, 1.807) is 0 Å². The van der Waals surface area contributed by atoms with Gasteiger partial charge in [0.15, 0.2) is 0 Å². The average molecular weight is 125 g/mol. The van der Waals surface area contributed by atoms with Gasteiger partial charge >= 0.3 is 11.8 Å². The maximum absolute atomic E-state index is 11.4. The molecule has 1 radical (unpaired) electrons. The summed E-state index contributed by atoms with van der Waals surface area (Å²) in [5.41, 5.74) is 0. The highest BCUT2D eigenvalue weighted by molar-refractivity contribution is 5.16. The Morgan fingerprint density at radius 3 is 1.50 bits per heavy atom. The molecule has 8 heavy (non-hydrogen) atoms. The van der Waals surface area contributed by atoms with Crippen molar-refractivity contribution in [1.82, 2.24) is 0 Å². The minimum absolute atomic E-state index is 0.0625. The molecule has 0 bridgehead atoms. The lowest BCUT2D eigenvalue weighted by Gasteiger charge is -2.26. The van der Waals surface area contributed by atoms with Crippen LogP contribution in [0.2, 0.25) is 0 Å². The predicted octanol–water partition coefficient (Wildman–Crippen LogP) is 1.63. The Kier molecular flexibility index (Phi) is 0.743. The molecule has 45 valence electrons. The van der Waals surface area contributed by atoms with Gasteiger partial charge in [0.05, 0.1) is 0 Å². The molecular weight excluding hydrogens is 124 g/mol. The predicted molar refractivity (Wildman–Crippen MR) is 17.7 cm³/mol. The highest BCUT2D eigenvalue weighted by Crippen LogP contribution is 2.43. The zero-order valence-electron chi connectivity index (χ0n) is 3.59. The van der Waals surface area contributed by atoms with Gasteiger partial charge in [-0.2, -0.15) is 17.6 Å². The van der Waals surface area contributed by atoms with E-state index in [4.69, 9.17) is 0 Å². The Balaban J connectivity index is 2.82. The van der Waals surface area contributed by atoms with Crippen LogP contribution in [0.4, 0.5) is 17.6 Å². The summed E-state index contributed by atoms with van der Waals surface area (Å²) in [5.74, 6) is -7.97. The summed E-state index contributed by atoms with van der Waals surface area (Å²) in [6.07, 6.45) is 1.23. The van der Waals surface area contributed by atoms with E-state index in [-0.39, 0.29) is 6.08 Å². The van der Waals surface area contributed by atoms with Gasteiger partial charge in [0.2, 0.25) is 0 Å². The Morgan fingerprint density at radius 1 is 1.12 bits per heavy atom. The third-order valence-electron chi connectivity index (χ3n) is 0.853. The van der Waals surface area contributed by atoms with Crippen molar-refractivity contribution in [2.75, 3.05) is 0 Å². The van der Waals surface area contributed by atoms with Crippen molar-refractivity contribution in [3.05, 3.63) is 12.2 Å². The van der Waals surface area contributed by atoms with Crippen LogP contribution in [0.25, 0.3) is 0 Å². The molecule has 0 N–H and O–H groups in total. The maximum atomic E-state index is 11.4. The second kappa shape index (κ2) is 1.06. The first-order valence-corrected chi connectivity index (χ1v) is 1.83. The molecule has 0 atom stereocenters. The molecule has 1 aliphatic carbocycles. The second-order valence-electron chi connectivity index (χ2n) is 1.49. The van der Waals surface area contributed by atoms with Gasteiger partial charge in [0.1, 0.15) is 0 Å². The number of hydrogen-bond donors (Lipinski definition) is 0. The summed E-state index contributed by atoms with van der Waals surface area (Å²) >= 11 is 0. The van der Waals surface area contributed by atoms with Crippen LogP contribution in [0.15, 0.2) is 6.08 Å². The van der Waals surface area contributed by atoms with Gasteiger partial charge in [-0.3, -0.25) is 0 Å². The first-order chi connectivity index (χ1) is 3.46. The molecule has 0 spiro atoms. The lowest BCUT2D eigenvalue weighted by Crippen LogP contribution is -2.44. The second-order valence-corrected chi connectivity index (χ2v) is 1.49. The summed E-state index contributed by atoms with van der Waals surface area (Å²) in [7, 11) is 0. The molecular formula is C4HF4. The number of hydrogen-bond acceptors (Lipinski definition) is 0. The topological polar surface area (TPSA) is 0 Å². The molecule has 0 amide bonds. The van der Waals surface area contributed by atoms with Crippen LogP contribution in [0.3, 0.4) is 0 Å². The molecule has 4 heteroatoms. The van der Waals surface area contributed by atoms with Crippen LogP contribution in [-0.2, 0) is 0 Å². The van der Waals surface area contributed by atoms with Crippen molar-refractivity contribution in [2.24, 2.45) is 0 Å². The Bertz CT molecular complexity index is 119. The van der Waals surface area contributed by atoms with Crippen LogP contribution in [0, 0.1) is 6.08 Å². The largest absolute Gasteiger partial charge is 0.339 e. The van der Waals surface area contributed by atoms with Gasteiger partial charge in [-0.1, -0.05) is 0 Å². The van der Waals surface area contributed by atoms with Gasteiger partial charge in [-0.25, -0.2) is 0 Å². The SMILES string of the molecule is FC1(F)[C]=CC1(F)F. The lowest BCUT2D eigenvalue weighted by molar-refractivity contribution is -0.176. The molecule has 0 aromatic rings. The molecule has 0 saturated heterocycles. The fourth-order valence-electron chi connectivity index (χ4n) is 0.290. The zero-order valence-corrected chi connectivity index (χ0v) is 3.59. The fourth-order valence-corrected chi connectivity index (χ4v) is 0.290. The van der Waals surface area contributed by atoms with Crippen molar-refractivity contribution < 1.29 is 17.6 Å². The Hall–Kier alpha value is -0.540. The average Bonchev–Trinajstić information content (AvgIpc) is 1.64. The summed E-state index contributed by atoms with van der Waals surface area (Å²) in [5, 5.41) is 0. The molecule has 1 rings (SSSR count). The third kappa shape index (κ3) is 0.454. The lowest BCUT2D eigenvalue weighted by atomic mass is 10.0. The standard InChI is InChI=1S/C4HF4/c5-3(6)1-2-4(3,7)8/h1H. The summed E-state index contributed by atoms with van der Waals surface area (Å²) in [6, 6.07) is 0. The van der Waals surface area contributed by atoms with Crippen molar-refractivity contribution in [1.29, 1.82) is 0 Å². The first kappa shape index (κ1) is 5.59. The van der Waals surface area contributed by atoms with Gasteiger partial charge in [0, 0.05) is 12.2 Å². The van der Waals surface area contributed by atoms with E-state index in [1.165, 1.54) is 6.08 Å². The summed E-state index contributed by atoms with van der Waals surface area (Å²) < 4.78 is 45.7. The molecule has 0 unspecified atom stereocenters. The Labute approximate surface area is 42.8 Å². The first-order valence-electron chi connectivity index (χ1n) is 1.83. The van der Waals surface area contributed by atoms with Crippen LogP contribution < -0.4 is 0 Å². The van der Waals surface area contributed by atoms with E-state index >= 15 is 0 Å². The molecule has 0 aromatic carbocycles. The number of rotatable bonds is 0. The van der Waals surface area contributed by atoms with E-state index in [2.05, 4.69) is 0 Å². The summed E-state index contributed by atoms with van der Waals surface area (Å²) in [4.78, 5) is 0. The molecule has 1 aliphatic rings. The van der Waals surface area contributed by atoms with Crippen molar-refractivity contribution in [3.63, 3.8) is 0 Å². The highest BCUT2D eigenvalue weighted by atomic mass is 19.3. The quantitative estimate of drug-likeness (QED) is 0.431. The third-order valence-corrected chi connectivity index (χ3v) is 0.853. The van der Waals surface area contributed by atoms with Crippen molar-refractivity contribution in [2.45, 2.75) is 11.8 Å². The zero-order chi connectivity index (χ0) is 6.41. The molecule has 0 nitrogen and oxygen atoms in total. The maximum Gasteiger partial charge on any atom is 0.339 e. The van der Waals surface area contributed by atoms with E-state index in [0.717, 1.165) is 0 Å².